The molecule has 0 amide bonds. The van der Waals surface area contributed by atoms with Gasteiger partial charge in [0.15, 0.2) is 3.95 Å². The smallest absolute Gasteiger partial charge is 0.258 e. The number of hydrogen-bond acceptors (Lipinski definition) is 9. The van der Waals surface area contributed by atoms with E-state index in [1.807, 2.05) is 6.07 Å². The highest BCUT2D eigenvalue weighted by Crippen LogP contribution is 2.31. The highest BCUT2D eigenvalue weighted by atomic mass is 32.1. The minimum absolute atomic E-state index is 0.0332. The lowest BCUT2D eigenvalue weighted by molar-refractivity contribution is 0.0948. The number of nitrogens with zero attached hydrogens (tertiary/aromatic N) is 4. The summed E-state index contributed by atoms with van der Waals surface area (Å²) in [7, 11) is 1.58. The Bertz CT molecular complexity index is 1130. The van der Waals surface area contributed by atoms with E-state index in [0.29, 0.717) is 26.8 Å². The van der Waals surface area contributed by atoms with E-state index in [-0.39, 0.29) is 29.5 Å². The monoisotopic (exact) mass is 442 g/mol. The predicted molar refractivity (Wildman–Crippen MR) is 116 cm³/mol. The van der Waals surface area contributed by atoms with Gasteiger partial charge >= 0.3 is 0 Å². The first-order valence-electron chi connectivity index (χ1n) is 9.23. The van der Waals surface area contributed by atoms with Crippen molar-refractivity contribution in [3.8, 4) is 17.7 Å². The molecular weight excluding hydrogens is 424 g/mol. The highest BCUT2D eigenvalue weighted by molar-refractivity contribution is 7.73. The molecule has 1 aromatic heterocycles. The van der Waals surface area contributed by atoms with Crippen molar-refractivity contribution in [1.29, 1.82) is 5.26 Å². The summed E-state index contributed by atoms with van der Waals surface area (Å²) >= 11 is 6.63. The molecule has 1 atom stereocenters. The Labute approximate surface area is 182 Å². The van der Waals surface area contributed by atoms with Gasteiger partial charge in [0.05, 0.1) is 30.3 Å². The number of aliphatic imine (C=N–C) groups is 2. The van der Waals surface area contributed by atoms with E-state index >= 15 is 0 Å². The molecule has 1 fully saturated rings. The molecule has 0 bridgehead atoms. The first kappa shape index (κ1) is 20.3. The Morgan fingerprint density at radius 3 is 2.93 bits per heavy atom. The molecule has 2 aliphatic rings. The third kappa shape index (κ3) is 4.28. The Morgan fingerprint density at radius 2 is 2.27 bits per heavy atom. The van der Waals surface area contributed by atoms with Crippen LogP contribution in [0.1, 0.15) is 17.7 Å². The average Bonchev–Trinajstić information content (AvgIpc) is 3.46. The zero-order chi connectivity index (χ0) is 21.1. The molecule has 0 spiro atoms. The molecule has 3 heterocycles. The van der Waals surface area contributed by atoms with Gasteiger partial charge in [-0.3, -0.25) is 4.57 Å². The van der Waals surface area contributed by atoms with Gasteiger partial charge in [-0.1, -0.05) is 0 Å². The van der Waals surface area contributed by atoms with E-state index in [1.165, 1.54) is 11.3 Å². The summed E-state index contributed by atoms with van der Waals surface area (Å²) in [6.45, 7) is 1.23. The number of thiazole rings is 1. The van der Waals surface area contributed by atoms with Gasteiger partial charge in [-0.15, -0.1) is 11.3 Å². The average molecular weight is 443 g/mol. The SMILES string of the molecule is COc1ccc(N=C2OC(=Cc3sc(=S)n(C[C@@H]4CCCO4)c3O)N=C2C#N)cc1. The fraction of sp³-hybridized carbons (Fsp3) is 0.300. The molecule has 0 radical (unpaired) electrons. The van der Waals surface area contributed by atoms with Crippen LogP contribution < -0.4 is 4.74 Å². The van der Waals surface area contributed by atoms with Crippen LogP contribution in [0.2, 0.25) is 0 Å². The second-order valence-electron chi connectivity index (χ2n) is 6.57. The topological polar surface area (TPSA) is 101 Å². The van der Waals surface area contributed by atoms with E-state index in [4.69, 9.17) is 26.4 Å². The molecular formula is C20H18N4O4S2. The van der Waals surface area contributed by atoms with Gasteiger partial charge in [-0.2, -0.15) is 10.3 Å². The first-order valence-corrected chi connectivity index (χ1v) is 10.5. The van der Waals surface area contributed by atoms with E-state index in [1.54, 1.807) is 42.0 Å². The Balaban J connectivity index is 1.57. The number of hydrogen-bond donors (Lipinski definition) is 1. The predicted octanol–water partition coefficient (Wildman–Crippen LogP) is 4.20. The number of ether oxygens (including phenoxy) is 3. The lowest BCUT2D eigenvalue weighted by Gasteiger charge is -2.10. The van der Waals surface area contributed by atoms with Crippen LogP contribution in [0.3, 0.4) is 0 Å². The fourth-order valence-electron chi connectivity index (χ4n) is 3.09. The van der Waals surface area contributed by atoms with Crippen LogP contribution in [-0.2, 0) is 16.0 Å². The molecule has 8 nitrogen and oxygen atoms in total. The molecule has 2 aromatic rings. The van der Waals surface area contributed by atoms with E-state index in [9.17, 15) is 10.4 Å². The summed E-state index contributed by atoms with van der Waals surface area (Å²) in [5.41, 5.74) is 0.648. The highest BCUT2D eigenvalue weighted by Gasteiger charge is 2.24. The van der Waals surface area contributed by atoms with Gasteiger partial charge in [0.2, 0.25) is 17.5 Å². The number of rotatable bonds is 5. The Morgan fingerprint density at radius 1 is 1.47 bits per heavy atom. The molecule has 4 rings (SSSR count). The number of aromatic hydroxyl groups is 1. The maximum Gasteiger partial charge on any atom is 0.258 e. The molecule has 154 valence electrons. The lowest BCUT2D eigenvalue weighted by Crippen LogP contribution is -2.14. The largest absolute Gasteiger partial charge is 0.497 e. The number of nitriles is 1. The van der Waals surface area contributed by atoms with E-state index in [0.717, 1.165) is 19.4 Å². The normalized spacial score (nSPS) is 20.9. The van der Waals surface area contributed by atoms with Gasteiger partial charge in [-0.25, -0.2) is 4.99 Å². The van der Waals surface area contributed by atoms with Crippen LogP contribution in [0.15, 0.2) is 40.1 Å². The zero-order valence-corrected chi connectivity index (χ0v) is 17.7. The molecule has 1 saturated heterocycles. The fourth-order valence-corrected chi connectivity index (χ4v) is 4.34. The summed E-state index contributed by atoms with van der Waals surface area (Å²) in [4.78, 5) is 9.00. The van der Waals surface area contributed by atoms with Crippen molar-refractivity contribution in [3.63, 3.8) is 0 Å². The first-order chi connectivity index (χ1) is 14.6. The van der Waals surface area contributed by atoms with Crippen molar-refractivity contribution in [2.75, 3.05) is 13.7 Å². The quantitative estimate of drug-likeness (QED) is 0.697. The molecule has 0 saturated carbocycles. The molecule has 10 heteroatoms. The van der Waals surface area contributed by atoms with E-state index < -0.39 is 0 Å². The lowest BCUT2D eigenvalue weighted by atomic mass is 10.2. The van der Waals surface area contributed by atoms with Crippen molar-refractivity contribution < 1.29 is 19.3 Å². The second kappa shape index (κ2) is 8.79. The summed E-state index contributed by atoms with van der Waals surface area (Å²) in [6, 6.07) is 8.99. The van der Waals surface area contributed by atoms with Crippen LogP contribution in [0, 0.1) is 15.3 Å². The summed E-state index contributed by atoms with van der Waals surface area (Å²) < 4.78 is 18.6. The van der Waals surface area contributed by atoms with Crippen molar-refractivity contribution >= 4 is 46.9 Å². The van der Waals surface area contributed by atoms with Crippen LogP contribution in [0.5, 0.6) is 11.6 Å². The maximum atomic E-state index is 10.6. The Hall–Kier alpha value is -3.00. The van der Waals surface area contributed by atoms with Crippen LogP contribution >= 0.6 is 23.6 Å². The second-order valence-corrected chi connectivity index (χ2v) is 8.25. The number of methoxy groups -OCH3 is 1. The third-order valence-corrected chi connectivity index (χ3v) is 5.98. The molecule has 2 aliphatic heterocycles. The van der Waals surface area contributed by atoms with Crippen LogP contribution in [-0.4, -0.2) is 41.1 Å². The minimum Gasteiger partial charge on any atom is -0.497 e. The molecule has 1 aromatic carbocycles. The third-order valence-electron chi connectivity index (χ3n) is 4.59. The minimum atomic E-state index is 0.0332. The Kier molecular flexibility index (Phi) is 5.94. The number of benzene rings is 1. The van der Waals surface area contributed by atoms with E-state index in [2.05, 4.69) is 9.98 Å². The molecule has 1 N–H and O–H groups in total. The van der Waals surface area contributed by atoms with Gasteiger partial charge in [-0.05, 0) is 49.3 Å². The summed E-state index contributed by atoms with van der Waals surface area (Å²) in [6.07, 6.45) is 3.55. The van der Waals surface area contributed by atoms with Crippen molar-refractivity contribution in [2.45, 2.75) is 25.5 Å². The zero-order valence-electron chi connectivity index (χ0n) is 16.1. The van der Waals surface area contributed by atoms with Crippen molar-refractivity contribution in [1.82, 2.24) is 4.57 Å². The van der Waals surface area contributed by atoms with Gasteiger partial charge < -0.3 is 19.3 Å². The van der Waals surface area contributed by atoms with Gasteiger partial charge in [0.1, 0.15) is 11.8 Å². The summed E-state index contributed by atoms with van der Waals surface area (Å²) in [5, 5.41) is 20.0. The van der Waals surface area contributed by atoms with Crippen molar-refractivity contribution in [2.24, 2.45) is 9.98 Å². The molecule has 30 heavy (non-hydrogen) atoms. The standard InChI is InChI=1S/C20H18N4O4S2/c1-26-13-6-4-12(5-7-13)22-18-15(10-21)23-17(28-18)9-16-19(25)24(20(29)30-16)11-14-3-2-8-27-14/h4-7,9,14,25H,2-3,8,11H2,1H3/t14-/m0/s1. The van der Waals surface area contributed by atoms with Crippen LogP contribution in [0.4, 0.5) is 5.69 Å². The maximum absolute atomic E-state index is 10.6. The van der Waals surface area contributed by atoms with Gasteiger partial charge in [0.25, 0.3) is 5.90 Å². The molecule has 0 unspecified atom stereocenters. The van der Waals surface area contributed by atoms with Crippen molar-refractivity contribution in [3.05, 3.63) is 39.0 Å². The molecule has 0 aliphatic carbocycles. The van der Waals surface area contributed by atoms with Crippen LogP contribution in [0.25, 0.3) is 6.08 Å². The van der Waals surface area contributed by atoms with Gasteiger partial charge in [0, 0.05) is 12.7 Å². The number of aromatic nitrogens is 1. The summed E-state index contributed by atoms with van der Waals surface area (Å²) in [5.74, 6) is 0.988.